The number of halogens is 4. The molecule has 0 aliphatic carbocycles. The number of hydrogen-bond donors (Lipinski definition) is 1. The molecule has 1 heterocycles. The van der Waals surface area contributed by atoms with Crippen LogP contribution in [0.5, 0.6) is 0 Å². The Morgan fingerprint density at radius 2 is 1.81 bits per heavy atom. The fourth-order valence-corrected chi connectivity index (χ4v) is 2.80. The van der Waals surface area contributed by atoms with Gasteiger partial charge in [-0.2, -0.15) is 18.4 Å². The van der Waals surface area contributed by atoms with Gasteiger partial charge in [0.25, 0.3) is 0 Å². The van der Waals surface area contributed by atoms with E-state index in [0.29, 0.717) is 50.8 Å². The molecule has 0 radical (unpaired) electrons. The standard InChI is InChI=1S/C18H24F3N5.HI/c1-3-23-17(24-13-16-6-4-15(12-22)5-7-16)26-10-8-25(9-11-26)14(2)18(19,20)21;/h4-7,14H,3,8-11,13H2,1-2H3,(H,23,24);1H. The van der Waals surface area contributed by atoms with E-state index in [9.17, 15) is 13.2 Å². The van der Waals surface area contributed by atoms with Gasteiger partial charge in [-0.25, -0.2) is 4.99 Å². The van der Waals surface area contributed by atoms with Gasteiger partial charge in [-0.15, -0.1) is 24.0 Å². The van der Waals surface area contributed by atoms with E-state index in [-0.39, 0.29) is 24.0 Å². The van der Waals surface area contributed by atoms with Gasteiger partial charge in [0.15, 0.2) is 5.96 Å². The summed E-state index contributed by atoms with van der Waals surface area (Å²) in [6.45, 7) is 6.00. The molecule has 1 aromatic carbocycles. The highest BCUT2D eigenvalue weighted by Gasteiger charge is 2.41. The molecular weight excluding hydrogens is 470 g/mol. The van der Waals surface area contributed by atoms with E-state index in [1.165, 1.54) is 11.8 Å². The summed E-state index contributed by atoms with van der Waals surface area (Å²) in [5, 5.41) is 12.0. The molecule has 1 N–H and O–H groups in total. The molecule has 1 saturated heterocycles. The first-order valence-electron chi connectivity index (χ1n) is 8.68. The second-order valence-electron chi connectivity index (χ2n) is 6.22. The highest BCUT2D eigenvalue weighted by atomic mass is 127. The van der Waals surface area contributed by atoms with Crippen molar-refractivity contribution >= 4 is 29.9 Å². The molecule has 1 atom stereocenters. The Kier molecular flexibility index (Phi) is 9.32. The molecule has 0 saturated carbocycles. The number of nitrogens with zero attached hydrogens (tertiary/aromatic N) is 4. The molecule has 0 amide bonds. The minimum atomic E-state index is -4.20. The smallest absolute Gasteiger partial charge is 0.357 e. The molecule has 1 aliphatic rings. The van der Waals surface area contributed by atoms with Gasteiger partial charge in [-0.1, -0.05) is 12.1 Å². The lowest BCUT2D eigenvalue weighted by atomic mass is 10.1. The van der Waals surface area contributed by atoms with Crippen molar-refractivity contribution in [1.82, 2.24) is 15.1 Å². The van der Waals surface area contributed by atoms with Gasteiger partial charge in [0, 0.05) is 32.7 Å². The van der Waals surface area contributed by atoms with Crippen LogP contribution in [0.15, 0.2) is 29.3 Å². The molecule has 9 heteroatoms. The Balaban J connectivity index is 0.00000364. The minimum absolute atomic E-state index is 0. The fourth-order valence-electron chi connectivity index (χ4n) is 2.80. The summed E-state index contributed by atoms with van der Waals surface area (Å²) in [5.41, 5.74) is 1.57. The summed E-state index contributed by atoms with van der Waals surface area (Å²) in [6, 6.07) is 7.85. The molecule has 0 aromatic heterocycles. The zero-order chi connectivity index (χ0) is 19.2. The van der Waals surface area contributed by atoms with E-state index in [2.05, 4.69) is 16.4 Å². The largest absolute Gasteiger partial charge is 0.403 e. The molecule has 0 bridgehead atoms. The lowest BCUT2D eigenvalue weighted by Crippen LogP contribution is -2.56. The molecule has 1 aromatic rings. The molecule has 5 nitrogen and oxygen atoms in total. The van der Waals surface area contributed by atoms with E-state index in [1.54, 1.807) is 12.1 Å². The van der Waals surface area contributed by atoms with Gasteiger partial charge >= 0.3 is 6.18 Å². The van der Waals surface area contributed by atoms with Crippen molar-refractivity contribution in [3.8, 4) is 6.07 Å². The maximum atomic E-state index is 12.9. The second-order valence-corrected chi connectivity index (χ2v) is 6.22. The highest BCUT2D eigenvalue weighted by molar-refractivity contribution is 14.0. The van der Waals surface area contributed by atoms with Gasteiger partial charge in [-0.05, 0) is 31.5 Å². The van der Waals surface area contributed by atoms with E-state index in [1.807, 2.05) is 24.0 Å². The first-order chi connectivity index (χ1) is 12.3. The number of nitrogens with one attached hydrogen (secondary N) is 1. The molecule has 1 aliphatic heterocycles. The van der Waals surface area contributed by atoms with Crippen LogP contribution < -0.4 is 5.32 Å². The van der Waals surface area contributed by atoms with E-state index in [0.717, 1.165) is 5.56 Å². The number of piperazine rings is 1. The van der Waals surface area contributed by atoms with Crippen molar-refractivity contribution in [2.45, 2.75) is 32.6 Å². The van der Waals surface area contributed by atoms with Crippen LogP contribution in [-0.4, -0.2) is 60.7 Å². The minimum Gasteiger partial charge on any atom is -0.357 e. The van der Waals surface area contributed by atoms with Gasteiger partial charge < -0.3 is 10.2 Å². The van der Waals surface area contributed by atoms with E-state index in [4.69, 9.17) is 5.26 Å². The first-order valence-corrected chi connectivity index (χ1v) is 8.68. The average Bonchev–Trinajstić information content (AvgIpc) is 2.64. The number of nitriles is 1. The van der Waals surface area contributed by atoms with Crippen molar-refractivity contribution in [3.05, 3.63) is 35.4 Å². The van der Waals surface area contributed by atoms with Crippen molar-refractivity contribution in [1.29, 1.82) is 5.26 Å². The predicted molar refractivity (Wildman–Crippen MR) is 110 cm³/mol. The Labute approximate surface area is 175 Å². The van der Waals surface area contributed by atoms with Gasteiger partial charge in [0.05, 0.1) is 18.2 Å². The Morgan fingerprint density at radius 1 is 1.22 bits per heavy atom. The fraction of sp³-hybridized carbons (Fsp3) is 0.556. The van der Waals surface area contributed by atoms with Crippen LogP contribution in [0.2, 0.25) is 0 Å². The Bertz CT molecular complexity index is 646. The third kappa shape index (κ3) is 6.84. The molecule has 0 spiro atoms. The van der Waals surface area contributed by atoms with Crippen molar-refractivity contribution < 1.29 is 13.2 Å². The van der Waals surface area contributed by atoms with Crippen LogP contribution in [-0.2, 0) is 6.54 Å². The van der Waals surface area contributed by atoms with Gasteiger partial charge in [0.2, 0.25) is 0 Å². The van der Waals surface area contributed by atoms with Crippen LogP contribution in [0.3, 0.4) is 0 Å². The molecular formula is C18H25F3IN5. The zero-order valence-electron chi connectivity index (χ0n) is 15.5. The number of aliphatic imine (C=N–C) groups is 1. The summed E-state index contributed by atoms with van der Waals surface area (Å²) < 4.78 is 38.6. The summed E-state index contributed by atoms with van der Waals surface area (Å²) >= 11 is 0. The maximum Gasteiger partial charge on any atom is 0.403 e. The number of rotatable bonds is 4. The molecule has 1 unspecified atom stereocenters. The van der Waals surface area contributed by atoms with Crippen LogP contribution in [0, 0.1) is 11.3 Å². The predicted octanol–water partition coefficient (Wildman–Crippen LogP) is 3.21. The molecule has 1 fully saturated rings. The summed E-state index contributed by atoms with van der Waals surface area (Å²) in [7, 11) is 0. The Morgan fingerprint density at radius 3 is 2.30 bits per heavy atom. The van der Waals surface area contributed by atoms with Crippen molar-refractivity contribution in [3.63, 3.8) is 0 Å². The highest BCUT2D eigenvalue weighted by Crippen LogP contribution is 2.25. The number of benzene rings is 1. The lowest BCUT2D eigenvalue weighted by molar-refractivity contribution is -0.181. The molecule has 2 rings (SSSR count). The average molecular weight is 495 g/mol. The number of alkyl halides is 3. The Hall–Kier alpha value is -1.54. The van der Waals surface area contributed by atoms with Crippen LogP contribution in [0.4, 0.5) is 13.2 Å². The number of hydrogen-bond acceptors (Lipinski definition) is 3. The number of guanidine groups is 1. The first kappa shape index (κ1) is 23.5. The van der Waals surface area contributed by atoms with Crippen molar-refractivity contribution in [2.75, 3.05) is 32.7 Å². The summed E-state index contributed by atoms with van der Waals surface area (Å²) in [4.78, 5) is 8.04. The third-order valence-corrected chi connectivity index (χ3v) is 4.46. The van der Waals surface area contributed by atoms with Crippen LogP contribution in [0.25, 0.3) is 0 Å². The monoisotopic (exact) mass is 495 g/mol. The lowest BCUT2D eigenvalue weighted by Gasteiger charge is -2.39. The second kappa shape index (κ2) is 10.7. The SMILES string of the molecule is CCNC(=NCc1ccc(C#N)cc1)N1CCN(C(C)C(F)(F)F)CC1.I. The van der Waals surface area contributed by atoms with Gasteiger partial charge in [0.1, 0.15) is 6.04 Å². The van der Waals surface area contributed by atoms with E-state index >= 15 is 0 Å². The van der Waals surface area contributed by atoms with Crippen molar-refractivity contribution in [2.24, 2.45) is 4.99 Å². The zero-order valence-corrected chi connectivity index (χ0v) is 17.8. The van der Waals surface area contributed by atoms with E-state index < -0.39 is 12.2 Å². The summed E-state index contributed by atoms with van der Waals surface area (Å²) in [5.74, 6) is 0.705. The summed E-state index contributed by atoms with van der Waals surface area (Å²) in [6.07, 6.45) is -4.20. The topological polar surface area (TPSA) is 54.7 Å². The van der Waals surface area contributed by atoms with Crippen LogP contribution in [0.1, 0.15) is 25.0 Å². The third-order valence-electron chi connectivity index (χ3n) is 4.46. The maximum absolute atomic E-state index is 12.9. The quantitative estimate of drug-likeness (QED) is 0.396. The normalized spacial score (nSPS) is 17.0. The molecule has 150 valence electrons. The van der Waals surface area contributed by atoms with Crippen LogP contribution >= 0.6 is 24.0 Å². The molecule has 27 heavy (non-hydrogen) atoms. The van der Waals surface area contributed by atoms with Gasteiger partial charge in [-0.3, -0.25) is 4.90 Å².